The van der Waals surface area contributed by atoms with Crippen LogP contribution in [0.1, 0.15) is 65.9 Å². The number of carbonyl (C=O) groups excluding carboxylic acids is 1. The van der Waals surface area contributed by atoms with Gasteiger partial charge in [-0.25, -0.2) is 0 Å². The molecule has 1 aromatic rings. The van der Waals surface area contributed by atoms with E-state index in [2.05, 4.69) is 39.8 Å². The third kappa shape index (κ3) is 7.89. The fourth-order valence-corrected chi connectivity index (χ4v) is 2.02. The second-order valence-corrected chi connectivity index (χ2v) is 6.69. The van der Waals surface area contributed by atoms with Crippen LogP contribution >= 0.6 is 0 Å². The van der Waals surface area contributed by atoms with Crippen LogP contribution in [0.15, 0.2) is 30.3 Å². The predicted octanol–water partition coefficient (Wildman–Crippen LogP) is 5.43. The third-order valence-corrected chi connectivity index (χ3v) is 3.74. The third-order valence-electron chi connectivity index (χ3n) is 3.74. The molecule has 120 valence electrons. The van der Waals surface area contributed by atoms with Gasteiger partial charge in [0.15, 0.2) is 0 Å². The van der Waals surface area contributed by atoms with Gasteiger partial charge in [0.25, 0.3) is 0 Å². The monoisotopic (exact) mass is 292 g/mol. The standard InChI is InChI=1S/C14H20O2.C5H12/c1-11(12-8-6-5-7-9-12)10-14(2,3)13(15)16-4;1-4-5(2)3/h5-9,11H,10H2,1-4H3;5H,4H2,1-3H3. The summed E-state index contributed by atoms with van der Waals surface area (Å²) in [5, 5.41) is 0. The maximum atomic E-state index is 11.6. The first-order chi connectivity index (χ1) is 9.74. The molecule has 0 bridgehead atoms. The molecule has 0 aromatic heterocycles. The summed E-state index contributed by atoms with van der Waals surface area (Å²) in [5.41, 5.74) is 0.837. The summed E-state index contributed by atoms with van der Waals surface area (Å²) in [6, 6.07) is 10.2. The number of benzene rings is 1. The Labute approximate surface area is 130 Å². The molecule has 0 aliphatic rings. The van der Waals surface area contributed by atoms with Gasteiger partial charge in [-0.3, -0.25) is 4.79 Å². The average Bonchev–Trinajstić information content (AvgIpc) is 2.47. The highest BCUT2D eigenvalue weighted by atomic mass is 16.5. The Morgan fingerprint density at radius 1 is 1.14 bits per heavy atom. The first-order valence-electron chi connectivity index (χ1n) is 7.88. The van der Waals surface area contributed by atoms with Crippen LogP contribution < -0.4 is 0 Å². The lowest BCUT2D eigenvalue weighted by Gasteiger charge is -2.25. The van der Waals surface area contributed by atoms with Crippen molar-refractivity contribution in [1.29, 1.82) is 0 Å². The first kappa shape index (κ1) is 19.7. The Kier molecular flexibility index (Phi) is 9.00. The molecule has 0 fully saturated rings. The molecule has 0 aliphatic heterocycles. The molecule has 0 aliphatic carbocycles. The summed E-state index contributed by atoms with van der Waals surface area (Å²) in [5.74, 6) is 1.10. The van der Waals surface area contributed by atoms with Crippen molar-refractivity contribution in [3.05, 3.63) is 35.9 Å². The summed E-state index contributed by atoms with van der Waals surface area (Å²) < 4.78 is 4.81. The second-order valence-electron chi connectivity index (χ2n) is 6.69. The quantitative estimate of drug-likeness (QED) is 0.676. The van der Waals surface area contributed by atoms with Crippen LogP contribution in [-0.4, -0.2) is 13.1 Å². The normalized spacial score (nSPS) is 12.4. The Morgan fingerprint density at radius 3 is 2.00 bits per heavy atom. The molecule has 0 spiro atoms. The molecule has 1 rings (SSSR count). The maximum absolute atomic E-state index is 11.6. The highest BCUT2D eigenvalue weighted by Crippen LogP contribution is 2.32. The van der Waals surface area contributed by atoms with Crippen molar-refractivity contribution in [3.63, 3.8) is 0 Å². The minimum absolute atomic E-state index is 0.143. The van der Waals surface area contributed by atoms with Crippen molar-refractivity contribution in [2.24, 2.45) is 11.3 Å². The van der Waals surface area contributed by atoms with Gasteiger partial charge in [-0.15, -0.1) is 0 Å². The van der Waals surface area contributed by atoms with Crippen molar-refractivity contribution >= 4 is 5.97 Å². The molecule has 1 atom stereocenters. The van der Waals surface area contributed by atoms with Crippen LogP contribution in [0.2, 0.25) is 0 Å². The fraction of sp³-hybridized carbons (Fsp3) is 0.632. The van der Waals surface area contributed by atoms with E-state index in [1.807, 2.05) is 32.0 Å². The molecule has 0 heterocycles. The zero-order chi connectivity index (χ0) is 16.5. The molecule has 0 saturated carbocycles. The van der Waals surface area contributed by atoms with Crippen LogP contribution in [0.4, 0.5) is 0 Å². The molecule has 21 heavy (non-hydrogen) atoms. The molecular weight excluding hydrogens is 260 g/mol. The molecule has 1 aromatic carbocycles. The van der Waals surface area contributed by atoms with E-state index in [0.717, 1.165) is 12.3 Å². The van der Waals surface area contributed by atoms with Gasteiger partial charge in [-0.2, -0.15) is 0 Å². The van der Waals surface area contributed by atoms with Gasteiger partial charge in [-0.1, -0.05) is 64.4 Å². The highest BCUT2D eigenvalue weighted by Gasteiger charge is 2.30. The zero-order valence-electron chi connectivity index (χ0n) is 14.8. The number of carbonyl (C=O) groups is 1. The van der Waals surface area contributed by atoms with Crippen molar-refractivity contribution < 1.29 is 9.53 Å². The van der Waals surface area contributed by atoms with E-state index < -0.39 is 5.41 Å². The van der Waals surface area contributed by atoms with Gasteiger partial charge in [0.05, 0.1) is 12.5 Å². The SMILES string of the molecule is CCC(C)C.COC(=O)C(C)(C)CC(C)c1ccccc1. The largest absolute Gasteiger partial charge is 0.469 e. The molecule has 0 radical (unpaired) electrons. The van der Waals surface area contributed by atoms with E-state index in [9.17, 15) is 4.79 Å². The summed E-state index contributed by atoms with van der Waals surface area (Å²) in [7, 11) is 1.44. The van der Waals surface area contributed by atoms with Gasteiger partial charge < -0.3 is 4.74 Å². The summed E-state index contributed by atoms with van der Waals surface area (Å²) in [6.45, 7) is 12.6. The Balaban J connectivity index is 0.000000690. The zero-order valence-corrected chi connectivity index (χ0v) is 14.8. The van der Waals surface area contributed by atoms with E-state index in [4.69, 9.17) is 4.74 Å². The summed E-state index contributed by atoms with van der Waals surface area (Å²) >= 11 is 0. The molecule has 0 saturated heterocycles. The van der Waals surface area contributed by atoms with E-state index in [0.29, 0.717) is 5.92 Å². The van der Waals surface area contributed by atoms with Crippen molar-refractivity contribution in [2.75, 3.05) is 7.11 Å². The summed E-state index contributed by atoms with van der Waals surface area (Å²) in [4.78, 5) is 11.6. The van der Waals surface area contributed by atoms with E-state index in [-0.39, 0.29) is 5.97 Å². The van der Waals surface area contributed by atoms with E-state index >= 15 is 0 Å². The van der Waals surface area contributed by atoms with Crippen LogP contribution in [0.25, 0.3) is 0 Å². The lowest BCUT2D eigenvalue weighted by atomic mass is 9.81. The first-order valence-corrected chi connectivity index (χ1v) is 7.88. The number of esters is 1. The number of methoxy groups -OCH3 is 1. The Bertz CT molecular complexity index is 393. The predicted molar refractivity (Wildman–Crippen MR) is 90.4 cm³/mol. The Hall–Kier alpha value is -1.31. The molecular formula is C19H32O2. The summed E-state index contributed by atoms with van der Waals surface area (Å²) in [6.07, 6.45) is 2.10. The minimum Gasteiger partial charge on any atom is -0.469 e. The van der Waals surface area contributed by atoms with Gasteiger partial charge in [-0.05, 0) is 37.7 Å². The van der Waals surface area contributed by atoms with E-state index in [1.54, 1.807) is 0 Å². The molecule has 0 N–H and O–H groups in total. The highest BCUT2D eigenvalue weighted by molar-refractivity contribution is 5.75. The number of ether oxygens (including phenoxy) is 1. The van der Waals surface area contributed by atoms with Crippen molar-refractivity contribution in [2.45, 2.75) is 60.3 Å². The van der Waals surface area contributed by atoms with Crippen LogP contribution in [0.3, 0.4) is 0 Å². The molecule has 2 heteroatoms. The molecule has 2 nitrogen and oxygen atoms in total. The lowest BCUT2D eigenvalue weighted by Crippen LogP contribution is -2.27. The second kappa shape index (κ2) is 9.59. The van der Waals surface area contributed by atoms with Crippen LogP contribution in [0.5, 0.6) is 0 Å². The van der Waals surface area contributed by atoms with Crippen LogP contribution in [-0.2, 0) is 9.53 Å². The number of rotatable bonds is 5. The van der Waals surface area contributed by atoms with Gasteiger partial charge in [0.2, 0.25) is 0 Å². The number of hydrogen-bond acceptors (Lipinski definition) is 2. The molecule has 0 amide bonds. The number of hydrogen-bond donors (Lipinski definition) is 0. The van der Waals surface area contributed by atoms with Crippen molar-refractivity contribution in [3.8, 4) is 0 Å². The average molecular weight is 292 g/mol. The topological polar surface area (TPSA) is 26.3 Å². The lowest BCUT2D eigenvalue weighted by molar-refractivity contribution is -0.151. The smallest absolute Gasteiger partial charge is 0.311 e. The maximum Gasteiger partial charge on any atom is 0.311 e. The fourth-order valence-electron chi connectivity index (χ4n) is 2.02. The van der Waals surface area contributed by atoms with E-state index in [1.165, 1.54) is 19.1 Å². The minimum atomic E-state index is -0.427. The van der Waals surface area contributed by atoms with Gasteiger partial charge >= 0.3 is 5.97 Å². The van der Waals surface area contributed by atoms with Gasteiger partial charge in [0.1, 0.15) is 0 Å². The van der Waals surface area contributed by atoms with Gasteiger partial charge in [0, 0.05) is 0 Å². The Morgan fingerprint density at radius 2 is 1.62 bits per heavy atom. The molecule has 1 unspecified atom stereocenters. The van der Waals surface area contributed by atoms with Crippen LogP contribution in [0, 0.1) is 11.3 Å². The van der Waals surface area contributed by atoms with Crippen molar-refractivity contribution in [1.82, 2.24) is 0 Å².